The summed E-state index contributed by atoms with van der Waals surface area (Å²) in [5.41, 5.74) is 0. The lowest BCUT2D eigenvalue weighted by atomic mass is 10.2. The van der Waals surface area contributed by atoms with Gasteiger partial charge in [-0.3, -0.25) is 4.79 Å². The number of hydrogen-bond donors (Lipinski definition) is 1. The molecule has 1 rings (SSSR count). The van der Waals surface area contributed by atoms with Crippen LogP contribution in [0, 0.1) is 12.3 Å². The minimum Gasteiger partial charge on any atom is -0.351 e. The van der Waals surface area contributed by atoms with Crippen LogP contribution in [0.4, 0.5) is 0 Å². The molecule has 0 fully saturated rings. The zero-order valence-electron chi connectivity index (χ0n) is 9.86. The standard InChI is InChI=1S/C12H16N2OS2/c1-3-5-6-7-8-13-11(15)10-9-14-12(17-10)16-4-2/h1,9H,4-8H2,2H3,(H,13,15). The molecule has 17 heavy (non-hydrogen) atoms. The highest BCUT2D eigenvalue weighted by Crippen LogP contribution is 2.23. The van der Waals surface area contributed by atoms with E-state index in [4.69, 9.17) is 6.42 Å². The highest BCUT2D eigenvalue weighted by Gasteiger charge is 2.09. The van der Waals surface area contributed by atoms with Crippen molar-refractivity contribution in [2.24, 2.45) is 0 Å². The summed E-state index contributed by atoms with van der Waals surface area (Å²) in [4.78, 5) is 16.6. The van der Waals surface area contributed by atoms with Gasteiger partial charge in [0.2, 0.25) is 0 Å². The molecule has 0 aliphatic carbocycles. The van der Waals surface area contributed by atoms with Gasteiger partial charge >= 0.3 is 0 Å². The first-order valence-corrected chi connectivity index (χ1v) is 7.38. The summed E-state index contributed by atoms with van der Waals surface area (Å²) in [5.74, 6) is 3.52. The topological polar surface area (TPSA) is 42.0 Å². The Morgan fingerprint density at radius 3 is 3.18 bits per heavy atom. The maximum atomic E-state index is 11.7. The third-order valence-corrected chi connectivity index (χ3v) is 4.04. The molecule has 0 radical (unpaired) electrons. The lowest BCUT2D eigenvalue weighted by Crippen LogP contribution is -2.23. The van der Waals surface area contributed by atoms with Gasteiger partial charge in [-0.1, -0.05) is 18.7 Å². The summed E-state index contributed by atoms with van der Waals surface area (Å²) >= 11 is 3.10. The molecule has 3 nitrogen and oxygen atoms in total. The van der Waals surface area contributed by atoms with Gasteiger partial charge in [0.1, 0.15) is 4.88 Å². The highest BCUT2D eigenvalue weighted by atomic mass is 32.2. The number of hydrogen-bond acceptors (Lipinski definition) is 4. The van der Waals surface area contributed by atoms with Crippen molar-refractivity contribution in [1.29, 1.82) is 0 Å². The second-order valence-corrected chi connectivity index (χ2v) is 5.88. The Labute approximate surface area is 110 Å². The highest BCUT2D eigenvalue weighted by molar-refractivity contribution is 8.01. The molecule has 0 aliphatic heterocycles. The molecular formula is C12H16N2OS2. The van der Waals surface area contributed by atoms with Crippen LogP contribution in [-0.2, 0) is 0 Å². The second kappa shape index (κ2) is 8.15. The Hall–Kier alpha value is -0.990. The van der Waals surface area contributed by atoms with E-state index in [1.165, 1.54) is 11.3 Å². The SMILES string of the molecule is C#CCCCCNC(=O)c1cnc(SCC)s1. The molecule has 1 heterocycles. The number of carbonyl (C=O) groups is 1. The molecule has 5 heteroatoms. The fourth-order valence-electron chi connectivity index (χ4n) is 1.19. The van der Waals surface area contributed by atoms with Gasteiger partial charge in [-0.05, 0) is 18.6 Å². The van der Waals surface area contributed by atoms with Gasteiger partial charge in [-0.2, -0.15) is 0 Å². The first kappa shape index (κ1) is 14.1. The van der Waals surface area contributed by atoms with Crippen molar-refractivity contribution >= 4 is 29.0 Å². The normalized spacial score (nSPS) is 9.88. The summed E-state index contributed by atoms with van der Waals surface area (Å²) in [6.45, 7) is 2.74. The number of terminal acetylenes is 1. The molecule has 1 amide bonds. The lowest BCUT2D eigenvalue weighted by molar-refractivity contribution is 0.0957. The molecule has 92 valence electrons. The van der Waals surface area contributed by atoms with Crippen molar-refractivity contribution in [3.63, 3.8) is 0 Å². The fourth-order valence-corrected chi connectivity index (χ4v) is 2.99. The predicted octanol–water partition coefficient (Wildman–Crippen LogP) is 2.79. The van der Waals surface area contributed by atoms with E-state index in [1.54, 1.807) is 18.0 Å². The summed E-state index contributed by atoms with van der Waals surface area (Å²) < 4.78 is 0.949. The number of nitrogens with one attached hydrogen (secondary N) is 1. The molecule has 1 N–H and O–H groups in total. The first-order valence-electron chi connectivity index (χ1n) is 5.58. The van der Waals surface area contributed by atoms with E-state index in [2.05, 4.69) is 23.1 Å². The average Bonchev–Trinajstić information content (AvgIpc) is 2.78. The molecule has 1 aromatic rings. The maximum Gasteiger partial charge on any atom is 0.263 e. The van der Waals surface area contributed by atoms with Crippen molar-refractivity contribution < 1.29 is 4.79 Å². The van der Waals surface area contributed by atoms with Gasteiger partial charge in [0, 0.05) is 13.0 Å². The van der Waals surface area contributed by atoms with Crippen LogP contribution < -0.4 is 5.32 Å². The van der Waals surface area contributed by atoms with Crippen LogP contribution in [0.15, 0.2) is 10.5 Å². The zero-order chi connectivity index (χ0) is 12.5. The number of thiazole rings is 1. The third kappa shape index (κ3) is 5.24. The van der Waals surface area contributed by atoms with Gasteiger partial charge < -0.3 is 5.32 Å². The number of aromatic nitrogens is 1. The van der Waals surface area contributed by atoms with Crippen LogP contribution >= 0.6 is 23.1 Å². The number of carbonyl (C=O) groups excluding carboxylic acids is 1. The van der Waals surface area contributed by atoms with E-state index in [1.807, 2.05) is 0 Å². The van der Waals surface area contributed by atoms with Crippen LogP contribution in [-0.4, -0.2) is 23.2 Å². The van der Waals surface area contributed by atoms with Gasteiger partial charge in [0.05, 0.1) is 6.20 Å². The van der Waals surface area contributed by atoms with Crippen LogP contribution in [0.3, 0.4) is 0 Å². The monoisotopic (exact) mass is 268 g/mol. The van der Waals surface area contributed by atoms with Crippen molar-refractivity contribution in [1.82, 2.24) is 10.3 Å². The quantitative estimate of drug-likeness (QED) is 0.470. The molecule has 0 unspecified atom stereocenters. The zero-order valence-corrected chi connectivity index (χ0v) is 11.5. The molecule has 0 saturated heterocycles. The molecule has 0 aliphatic rings. The first-order chi connectivity index (χ1) is 8.27. The van der Waals surface area contributed by atoms with Crippen molar-refractivity contribution in [2.75, 3.05) is 12.3 Å². The Morgan fingerprint density at radius 1 is 1.65 bits per heavy atom. The minimum atomic E-state index is -0.0360. The van der Waals surface area contributed by atoms with Crippen LogP contribution in [0.5, 0.6) is 0 Å². The second-order valence-electron chi connectivity index (χ2n) is 3.34. The molecule has 0 saturated carbocycles. The third-order valence-electron chi connectivity index (χ3n) is 2.01. The number of thioether (sulfide) groups is 1. The van der Waals surface area contributed by atoms with Gasteiger partial charge in [0.25, 0.3) is 5.91 Å². The summed E-state index contributed by atoms with van der Waals surface area (Å²) in [7, 11) is 0. The molecule has 0 spiro atoms. The molecule has 0 atom stereocenters. The predicted molar refractivity (Wildman–Crippen MR) is 73.5 cm³/mol. The Bertz CT molecular complexity index is 395. The number of unbranched alkanes of at least 4 members (excludes halogenated alkanes) is 2. The summed E-state index contributed by atoms with van der Waals surface area (Å²) in [6.07, 6.45) is 9.43. The van der Waals surface area contributed by atoms with Crippen LogP contribution in [0.25, 0.3) is 0 Å². The van der Waals surface area contributed by atoms with E-state index < -0.39 is 0 Å². The van der Waals surface area contributed by atoms with Crippen LogP contribution in [0.2, 0.25) is 0 Å². The Balaban J connectivity index is 2.29. The average molecular weight is 268 g/mol. The van der Waals surface area contributed by atoms with Gasteiger partial charge in [-0.25, -0.2) is 4.98 Å². The largest absolute Gasteiger partial charge is 0.351 e. The Morgan fingerprint density at radius 2 is 2.47 bits per heavy atom. The minimum absolute atomic E-state index is 0.0360. The van der Waals surface area contributed by atoms with Crippen LogP contribution in [0.1, 0.15) is 35.9 Å². The molecular weight excluding hydrogens is 252 g/mol. The van der Waals surface area contributed by atoms with Crippen molar-refractivity contribution in [2.45, 2.75) is 30.5 Å². The van der Waals surface area contributed by atoms with E-state index in [0.717, 1.165) is 29.4 Å². The summed E-state index contributed by atoms with van der Waals surface area (Å²) in [5, 5.41) is 2.87. The maximum absolute atomic E-state index is 11.7. The number of rotatable bonds is 7. The van der Waals surface area contributed by atoms with Crippen molar-refractivity contribution in [3.05, 3.63) is 11.1 Å². The van der Waals surface area contributed by atoms with Gasteiger partial charge in [0.15, 0.2) is 4.34 Å². The van der Waals surface area contributed by atoms with E-state index in [-0.39, 0.29) is 5.91 Å². The molecule has 0 bridgehead atoms. The van der Waals surface area contributed by atoms with E-state index >= 15 is 0 Å². The van der Waals surface area contributed by atoms with E-state index in [0.29, 0.717) is 11.4 Å². The fraction of sp³-hybridized carbons (Fsp3) is 0.500. The van der Waals surface area contributed by atoms with Gasteiger partial charge in [-0.15, -0.1) is 23.7 Å². The van der Waals surface area contributed by atoms with Crippen molar-refractivity contribution in [3.8, 4) is 12.3 Å². The number of nitrogens with zero attached hydrogens (tertiary/aromatic N) is 1. The molecule has 1 aromatic heterocycles. The smallest absolute Gasteiger partial charge is 0.263 e. The number of amides is 1. The summed E-state index contributed by atoms with van der Waals surface area (Å²) in [6, 6.07) is 0. The van der Waals surface area contributed by atoms with E-state index in [9.17, 15) is 4.79 Å². The Kier molecular flexibility index (Phi) is 6.75. The lowest BCUT2D eigenvalue weighted by Gasteiger charge is -2.01. The molecule has 0 aromatic carbocycles.